The second-order valence-corrected chi connectivity index (χ2v) is 4.97. The van der Waals surface area contributed by atoms with Crippen LogP contribution in [-0.2, 0) is 14.0 Å². The minimum Gasteiger partial charge on any atom is -0.412 e. The van der Waals surface area contributed by atoms with Gasteiger partial charge in [0.15, 0.2) is 0 Å². The molecule has 0 aromatic carbocycles. The van der Waals surface area contributed by atoms with Crippen molar-refractivity contribution in [1.82, 2.24) is 14.2 Å². The van der Waals surface area contributed by atoms with Crippen molar-refractivity contribution < 1.29 is 14.0 Å². The van der Waals surface area contributed by atoms with Crippen LogP contribution in [0.1, 0.15) is 19.8 Å². The molecule has 3 heterocycles. The third kappa shape index (κ3) is 2.03. The molecule has 0 unspecified atom stereocenters. The van der Waals surface area contributed by atoms with Crippen molar-refractivity contribution in [2.45, 2.75) is 19.8 Å². The van der Waals surface area contributed by atoms with Crippen molar-refractivity contribution in [2.24, 2.45) is 0 Å². The molecule has 3 fully saturated rings. The average molecular weight is 251 g/mol. The second-order valence-electron chi connectivity index (χ2n) is 4.97. The van der Waals surface area contributed by atoms with Gasteiger partial charge in [0, 0.05) is 20.3 Å². The molecule has 0 saturated carbocycles. The second kappa shape index (κ2) is 5.52. The molecule has 0 spiro atoms. The SMILES string of the molecule is CCN1B(OC)N2CCCOB2N2CCCOB12. The summed E-state index contributed by atoms with van der Waals surface area (Å²) < 4.78 is 24.4. The lowest BCUT2D eigenvalue weighted by atomic mass is 9.60. The molecule has 6 nitrogen and oxygen atoms in total. The average Bonchev–Trinajstić information content (AvgIpc) is 2.45. The maximum Gasteiger partial charge on any atom is 0.462 e. The number of rotatable bonds is 2. The van der Waals surface area contributed by atoms with Gasteiger partial charge in [-0.05, 0) is 32.5 Å². The Morgan fingerprint density at radius 2 is 1.72 bits per heavy atom. The van der Waals surface area contributed by atoms with Crippen LogP contribution in [0.3, 0.4) is 0 Å². The maximum atomic E-state index is 5.94. The molecule has 0 aliphatic carbocycles. The summed E-state index contributed by atoms with van der Waals surface area (Å²) in [6.07, 6.45) is 2.13. The summed E-state index contributed by atoms with van der Waals surface area (Å²) in [6.45, 7) is 6.74. The van der Waals surface area contributed by atoms with Crippen LogP contribution in [0, 0.1) is 0 Å². The van der Waals surface area contributed by atoms with Crippen LogP contribution >= 0.6 is 0 Å². The summed E-state index contributed by atoms with van der Waals surface area (Å²) in [5.41, 5.74) is 0. The van der Waals surface area contributed by atoms with Crippen LogP contribution in [0.25, 0.3) is 0 Å². The fourth-order valence-electron chi connectivity index (χ4n) is 3.18. The van der Waals surface area contributed by atoms with Gasteiger partial charge in [-0.3, -0.25) is 0 Å². The number of hydrogen-bond acceptors (Lipinski definition) is 6. The number of hydrogen-bond donors (Lipinski definition) is 0. The minimum atomic E-state index is -0.0420. The first-order valence-electron chi connectivity index (χ1n) is 6.90. The Labute approximate surface area is 110 Å². The van der Waals surface area contributed by atoms with Gasteiger partial charge in [0.05, 0.1) is 0 Å². The van der Waals surface area contributed by atoms with Gasteiger partial charge in [-0.1, -0.05) is 6.92 Å². The highest BCUT2D eigenvalue weighted by molar-refractivity contribution is 6.80. The maximum absolute atomic E-state index is 5.94. The molecule has 3 aliphatic rings. The van der Waals surface area contributed by atoms with Gasteiger partial charge in [0.1, 0.15) is 0 Å². The van der Waals surface area contributed by atoms with Crippen LogP contribution < -0.4 is 0 Å². The van der Waals surface area contributed by atoms with E-state index in [1.807, 2.05) is 0 Å². The highest BCUT2D eigenvalue weighted by Crippen LogP contribution is 2.26. The van der Waals surface area contributed by atoms with Crippen molar-refractivity contribution >= 4 is 21.6 Å². The molecule has 0 amide bonds. The van der Waals surface area contributed by atoms with Crippen LogP contribution in [0.5, 0.6) is 0 Å². The van der Waals surface area contributed by atoms with E-state index in [9.17, 15) is 0 Å². The lowest BCUT2D eigenvalue weighted by Gasteiger charge is -2.53. The quantitative estimate of drug-likeness (QED) is 0.608. The molecule has 3 saturated heterocycles. The van der Waals surface area contributed by atoms with Crippen molar-refractivity contribution in [1.29, 1.82) is 0 Å². The van der Waals surface area contributed by atoms with Crippen molar-refractivity contribution in [3.05, 3.63) is 0 Å². The van der Waals surface area contributed by atoms with E-state index in [2.05, 4.69) is 21.1 Å². The number of nitrogens with zero attached hydrogens (tertiary/aromatic N) is 3. The minimum absolute atomic E-state index is 0.00644. The molecule has 3 rings (SSSR count). The first-order valence-corrected chi connectivity index (χ1v) is 6.90. The summed E-state index contributed by atoms with van der Waals surface area (Å²) in [5.74, 6) is 0. The third-order valence-electron chi connectivity index (χ3n) is 3.93. The molecular formula is C9H20B3N3O3. The van der Waals surface area contributed by atoms with Gasteiger partial charge in [0.2, 0.25) is 0 Å². The van der Waals surface area contributed by atoms with E-state index < -0.39 is 0 Å². The number of fused-ring (bicyclic) bond motifs is 3. The van der Waals surface area contributed by atoms with Crippen LogP contribution in [0.4, 0.5) is 0 Å². The predicted octanol–water partition coefficient (Wildman–Crippen LogP) is -0.632. The van der Waals surface area contributed by atoms with Gasteiger partial charge in [0.25, 0.3) is 0 Å². The highest BCUT2D eigenvalue weighted by atomic mass is 16.5. The molecular weight excluding hydrogens is 231 g/mol. The van der Waals surface area contributed by atoms with Crippen LogP contribution in [-0.4, -0.2) is 75.7 Å². The third-order valence-corrected chi connectivity index (χ3v) is 3.93. The summed E-state index contributed by atoms with van der Waals surface area (Å²) in [6, 6.07) is 0. The zero-order chi connectivity index (χ0) is 12.5. The fraction of sp³-hybridized carbons (Fsp3) is 1.00. The zero-order valence-electron chi connectivity index (χ0n) is 11.2. The Morgan fingerprint density at radius 3 is 2.39 bits per heavy atom. The van der Waals surface area contributed by atoms with Crippen LogP contribution in [0.2, 0.25) is 0 Å². The molecule has 9 heteroatoms. The normalized spacial score (nSPS) is 27.3. The van der Waals surface area contributed by atoms with Crippen molar-refractivity contribution in [3.63, 3.8) is 0 Å². The first-order chi connectivity index (χ1) is 8.86. The largest absolute Gasteiger partial charge is 0.462 e. The molecule has 0 N–H and O–H groups in total. The predicted molar refractivity (Wildman–Crippen MR) is 71.2 cm³/mol. The Balaban J connectivity index is 1.87. The van der Waals surface area contributed by atoms with E-state index >= 15 is 0 Å². The van der Waals surface area contributed by atoms with Gasteiger partial charge >= 0.3 is 21.6 Å². The summed E-state index contributed by atoms with van der Waals surface area (Å²) in [5, 5.41) is 0. The van der Waals surface area contributed by atoms with E-state index in [0.717, 1.165) is 45.7 Å². The summed E-state index contributed by atoms with van der Waals surface area (Å²) in [7, 11) is 1.72. The van der Waals surface area contributed by atoms with E-state index in [0.29, 0.717) is 0 Å². The van der Waals surface area contributed by atoms with Gasteiger partial charge in [-0.2, -0.15) is 0 Å². The Morgan fingerprint density at radius 1 is 1.06 bits per heavy atom. The highest BCUT2D eigenvalue weighted by Gasteiger charge is 2.57. The molecule has 0 aromatic rings. The molecule has 0 aromatic heterocycles. The van der Waals surface area contributed by atoms with E-state index in [-0.39, 0.29) is 21.6 Å². The lowest BCUT2D eigenvalue weighted by molar-refractivity contribution is 0.127. The Bertz CT molecular complexity index is 236. The molecule has 0 atom stereocenters. The molecule has 3 aliphatic heterocycles. The van der Waals surface area contributed by atoms with E-state index in [1.165, 1.54) is 0 Å². The summed E-state index contributed by atoms with van der Waals surface area (Å²) >= 11 is 0. The monoisotopic (exact) mass is 251 g/mol. The fourth-order valence-corrected chi connectivity index (χ4v) is 3.18. The molecule has 98 valence electrons. The summed E-state index contributed by atoms with van der Waals surface area (Å²) in [4.78, 5) is 0. The van der Waals surface area contributed by atoms with Crippen LogP contribution in [0.15, 0.2) is 0 Å². The zero-order valence-corrected chi connectivity index (χ0v) is 11.2. The van der Waals surface area contributed by atoms with Crippen molar-refractivity contribution in [3.8, 4) is 0 Å². The molecule has 0 radical (unpaired) electrons. The first kappa shape index (κ1) is 13.0. The van der Waals surface area contributed by atoms with E-state index in [1.54, 1.807) is 7.11 Å². The van der Waals surface area contributed by atoms with E-state index in [4.69, 9.17) is 14.0 Å². The Kier molecular flexibility index (Phi) is 3.98. The standard InChI is InChI=1S/C9H20B3N3O3/c1-3-13-10(16-2)14-6-4-9-18-12(14)15-7-5-8-17-11(13)15/h3-9H2,1-2H3. The molecule has 0 bridgehead atoms. The molecule has 18 heavy (non-hydrogen) atoms. The Hall–Kier alpha value is -0.0452. The van der Waals surface area contributed by atoms with Gasteiger partial charge < -0.3 is 28.1 Å². The topological polar surface area (TPSA) is 37.4 Å². The smallest absolute Gasteiger partial charge is 0.412 e. The van der Waals surface area contributed by atoms with Gasteiger partial charge in [-0.25, -0.2) is 0 Å². The lowest BCUT2D eigenvalue weighted by Crippen LogP contribution is -2.81. The van der Waals surface area contributed by atoms with Gasteiger partial charge in [-0.15, -0.1) is 0 Å². The van der Waals surface area contributed by atoms with Crippen molar-refractivity contribution in [2.75, 3.05) is 40.0 Å².